The molecule has 3 aromatic rings. The molecular formula is C12H8N2S. The van der Waals surface area contributed by atoms with Crippen molar-refractivity contribution < 1.29 is 0 Å². The lowest BCUT2D eigenvalue weighted by Crippen LogP contribution is -1.79. The van der Waals surface area contributed by atoms with E-state index in [9.17, 15) is 0 Å². The molecule has 3 heteroatoms. The Bertz CT molecular complexity index is 587. The highest BCUT2D eigenvalue weighted by Gasteiger charge is 2.06. The molecule has 0 aliphatic heterocycles. The molecule has 0 saturated heterocycles. The summed E-state index contributed by atoms with van der Waals surface area (Å²) in [5, 5.41) is 2.11. The zero-order chi connectivity index (χ0) is 10.1. The van der Waals surface area contributed by atoms with Gasteiger partial charge in [0.15, 0.2) is 0 Å². The first-order chi connectivity index (χ1) is 7.45. The minimum atomic E-state index is 0.994. The summed E-state index contributed by atoms with van der Waals surface area (Å²) >= 11 is 1.64. The molecule has 15 heavy (non-hydrogen) atoms. The molecular weight excluding hydrogens is 204 g/mol. The van der Waals surface area contributed by atoms with Crippen LogP contribution in [0.25, 0.3) is 21.5 Å². The third kappa shape index (κ3) is 1.41. The minimum Gasteiger partial charge on any atom is -0.251 e. The lowest BCUT2D eigenvalue weighted by atomic mass is 10.1. The van der Waals surface area contributed by atoms with Crippen LogP contribution in [0.1, 0.15) is 0 Å². The van der Waals surface area contributed by atoms with E-state index >= 15 is 0 Å². The van der Waals surface area contributed by atoms with Crippen LogP contribution in [0.2, 0.25) is 0 Å². The van der Waals surface area contributed by atoms with Crippen LogP contribution in [-0.2, 0) is 0 Å². The lowest BCUT2D eigenvalue weighted by molar-refractivity contribution is 1.32. The monoisotopic (exact) mass is 212 g/mol. The van der Waals surface area contributed by atoms with E-state index in [1.165, 1.54) is 11.1 Å². The Labute approximate surface area is 91.2 Å². The van der Waals surface area contributed by atoms with Crippen molar-refractivity contribution in [2.75, 3.05) is 0 Å². The van der Waals surface area contributed by atoms with Crippen LogP contribution in [0, 0.1) is 0 Å². The first kappa shape index (κ1) is 8.56. The number of rotatable bonds is 1. The van der Waals surface area contributed by atoms with E-state index in [1.54, 1.807) is 23.7 Å². The van der Waals surface area contributed by atoms with Crippen LogP contribution < -0.4 is 0 Å². The number of hydrogen-bond donors (Lipinski definition) is 0. The summed E-state index contributed by atoms with van der Waals surface area (Å²) in [5.74, 6) is 0. The Morgan fingerprint density at radius 3 is 2.60 bits per heavy atom. The highest BCUT2D eigenvalue weighted by molar-refractivity contribution is 7.17. The molecule has 0 aliphatic carbocycles. The van der Waals surface area contributed by atoms with Gasteiger partial charge in [-0.25, -0.2) is 4.98 Å². The smallest absolute Gasteiger partial charge is 0.142 e. The number of fused-ring (bicyclic) bond motifs is 1. The van der Waals surface area contributed by atoms with Crippen LogP contribution >= 0.6 is 11.3 Å². The summed E-state index contributed by atoms with van der Waals surface area (Å²) in [7, 11) is 0. The molecule has 2 aromatic heterocycles. The number of benzene rings is 1. The quantitative estimate of drug-likeness (QED) is 0.618. The van der Waals surface area contributed by atoms with E-state index in [2.05, 4.69) is 27.5 Å². The van der Waals surface area contributed by atoms with E-state index in [4.69, 9.17) is 0 Å². The molecule has 0 atom stereocenters. The zero-order valence-corrected chi connectivity index (χ0v) is 8.74. The predicted molar refractivity (Wildman–Crippen MR) is 62.9 cm³/mol. The molecule has 0 radical (unpaired) electrons. The molecule has 0 fully saturated rings. The summed E-state index contributed by atoms with van der Waals surface area (Å²) in [6.07, 6.45) is 3.47. The first-order valence-electron chi connectivity index (χ1n) is 4.69. The summed E-state index contributed by atoms with van der Waals surface area (Å²) in [6.45, 7) is 0. The first-order valence-corrected chi connectivity index (χ1v) is 5.57. The van der Waals surface area contributed by atoms with Crippen molar-refractivity contribution >= 4 is 21.7 Å². The standard InChI is InChI=1S/C12H8N2S/c1-2-4-9(5-3-1)10-8-15-12-11(10)13-6-7-14-12/h1-8H. The van der Waals surface area contributed by atoms with Crippen LogP contribution in [0.15, 0.2) is 48.1 Å². The van der Waals surface area contributed by atoms with Crippen LogP contribution in [0.5, 0.6) is 0 Å². The third-order valence-electron chi connectivity index (χ3n) is 2.29. The molecule has 0 spiro atoms. The Hall–Kier alpha value is -1.74. The van der Waals surface area contributed by atoms with Gasteiger partial charge in [0.05, 0.1) is 0 Å². The van der Waals surface area contributed by atoms with Gasteiger partial charge < -0.3 is 0 Å². The molecule has 0 saturated carbocycles. The van der Waals surface area contributed by atoms with Crippen molar-refractivity contribution in [2.24, 2.45) is 0 Å². The average Bonchev–Trinajstić information content (AvgIpc) is 2.74. The van der Waals surface area contributed by atoms with Gasteiger partial charge in [-0.05, 0) is 5.56 Å². The lowest BCUT2D eigenvalue weighted by Gasteiger charge is -1.97. The number of nitrogens with zero attached hydrogens (tertiary/aromatic N) is 2. The van der Waals surface area contributed by atoms with E-state index < -0.39 is 0 Å². The Morgan fingerprint density at radius 2 is 1.73 bits per heavy atom. The maximum atomic E-state index is 4.37. The topological polar surface area (TPSA) is 25.8 Å². The maximum absolute atomic E-state index is 4.37. The van der Waals surface area contributed by atoms with E-state index in [1.807, 2.05) is 18.2 Å². The molecule has 0 N–H and O–H groups in total. The summed E-state index contributed by atoms with van der Waals surface area (Å²) in [6, 6.07) is 10.3. The Morgan fingerprint density at radius 1 is 0.933 bits per heavy atom. The van der Waals surface area contributed by atoms with Gasteiger partial charge in [0.25, 0.3) is 0 Å². The van der Waals surface area contributed by atoms with Gasteiger partial charge >= 0.3 is 0 Å². The largest absolute Gasteiger partial charge is 0.251 e. The highest BCUT2D eigenvalue weighted by Crippen LogP contribution is 2.30. The molecule has 72 valence electrons. The average molecular weight is 212 g/mol. The predicted octanol–water partition coefficient (Wildman–Crippen LogP) is 3.36. The second kappa shape index (κ2) is 3.44. The van der Waals surface area contributed by atoms with Crippen molar-refractivity contribution in [1.82, 2.24) is 9.97 Å². The number of hydrogen-bond acceptors (Lipinski definition) is 3. The van der Waals surface area contributed by atoms with E-state index in [-0.39, 0.29) is 0 Å². The Balaban J connectivity index is 2.28. The molecule has 0 unspecified atom stereocenters. The summed E-state index contributed by atoms with van der Waals surface area (Å²) in [5.41, 5.74) is 3.36. The van der Waals surface area contributed by atoms with Crippen LogP contribution in [-0.4, -0.2) is 9.97 Å². The van der Waals surface area contributed by atoms with Gasteiger partial charge in [-0.15, -0.1) is 11.3 Å². The molecule has 0 amide bonds. The Kier molecular flexibility index (Phi) is 1.96. The number of thiophene rings is 1. The van der Waals surface area contributed by atoms with E-state index in [0.717, 1.165) is 10.3 Å². The summed E-state index contributed by atoms with van der Waals surface area (Å²) in [4.78, 5) is 9.65. The molecule has 2 heterocycles. The maximum Gasteiger partial charge on any atom is 0.142 e. The highest BCUT2D eigenvalue weighted by atomic mass is 32.1. The third-order valence-corrected chi connectivity index (χ3v) is 3.17. The van der Waals surface area contributed by atoms with Gasteiger partial charge in [-0.1, -0.05) is 30.3 Å². The minimum absolute atomic E-state index is 0.994. The van der Waals surface area contributed by atoms with Crippen molar-refractivity contribution in [3.05, 3.63) is 48.1 Å². The second-order valence-corrected chi connectivity index (χ2v) is 4.08. The van der Waals surface area contributed by atoms with Crippen LogP contribution in [0.4, 0.5) is 0 Å². The second-order valence-electron chi connectivity index (χ2n) is 3.23. The molecule has 3 rings (SSSR count). The number of aromatic nitrogens is 2. The molecule has 1 aromatic carbocycles. The van der Waals surface area contributed by atoms with Gasteiger partial charge in [-0.3, -0.25) is 4.98 Å². The fourth-order valence-corrected chi connectivity index (χ4v) is 2.46. The SMILES string of the molecule is c1ccc(-c2csc3nccnc23)cc1. The van der Waals surface area contributed by atoms with Gasteiger partial charge in [0.2, 0.25) is 0 Å². The molecule has 2 nitrogen and oxygen atoms in total. The van der Waals surface area contributed by atoms with Crippen molar-refractivity contribution in [3.8, 4) is 11.1 Å². The molecule has 0 aliphatic rings. The van der Waals surface area contributed by atoms with E-state index in [0.29, 0.717) is 0 Å². The van der Waals surface area contributed by atoms with Crippen LogP contribution in [0.3, 0.4) is 0 Å². The van der Waals surface area contributed by atoms with Crippen molar-refractivity contribution in [3.63, 3.8) is 0 Å². The fourth-order valence-electron chi connectivity index (χ4n) is 1.59. The summed E-state index contributed by atoms with van der Waals surface area (Å²) < 4.78 is 0. The van der Waals surface area contributed by atoms with Crippen molar-refractivity contribution in [1.29, 1.82) is 0 Å². The fraction of sp³-hybridized carbons (Fsp3) is 0. The normalized spacial score (nSPS) is 10.7. The molecule has 0 bridgehead atoms. The zero-order valence-electron chi connectivity index (χ0n) is 7.92. The van der Waals surface area contributed by atoms with Gasteiger partial charge in [0, 0.05) is 23.3 Å². The van der Waals surface area contributed by atoms with Gasteiger partial charge in [-0.2, -0.15) is 0 Å². The van der Waals surface area contributed by atoms with Gasteiger partial charge in [0.1, 0.15) is 10.3 Å². The van der Waals surface area contributed by atoms with Crippen molar-refractivity contribution in [2.45, 2.75) is 0 Å².